The first-order valence-corrected chi connectivity index (χ1v) is 12.9. The van der Waals surface area contributed by atoms with Gasteiger partial charge in [0.15, 0.2) is 0 Å². The SMILES string of the molecule is COc1ccc(-c2nn(-c3ccccc3)cc2/C=N/NC(=O)C(=O)Nc2sc3c(c2C#N)CCCC3)cc1. The van der Waals surface area contributed by atoms with Crippen molar-refractivity contribution in [2.24, 2.45) is 5.10 Å². The molecule has 38 heavy (non-hydrogen) atoms. The molecule has 2 amide bonds. The number of nitrogens with one attached hydrogen (secondary N) is 2. The van der Waals surface area contributed by atoms with E-state index in [-0.39, 0.29) is 0 Å². The lowest BCUT2D eigenvalue weighted by molar-refractivity contribution is -0.136. The second-order valence-corrected chi connectivity index (χ2v) is 9.73. The lowest BCUT2D eigenvalue weighted by atomic mass is 9.96. The Morgan fingerprint density at radius 1 is 1.11 bits per heavy atom. The van der Waals surface area contributed by atoms with Gasteiger partial charge in [0, 0.05) is 22.2 Å². The maximum Gasteiger partial charge on any atom is 0.329 e. The standard InChI is InChI=1S/C28H24N6O3S/c1-37-21-13-11-18(12-14-21)25-19(17-34(33-25)20-7-3-2-4-8-20)16-30-32-27(36)26(35)31-28-23(15-29)22-9-5-6-10-24(22)38-28/h2-4,7-8,11-14,16-17H,5-6,9-10H2,1H3,(H,31,35)(H,32,36)/b30-16+. The van der Waals surface area contributed by atoms with Gasteiger partial charge in [-0.15, -0.1) is 11.3 Å². The fourth-order valence-corrected chi connectivity index (χ4v) is 5.55. The zero-order chi connectivity index (χ0) is 26.5. The predicted molar refractivity (Wildman–Crippen MR) is 146 cm³/mol. The van der Waals surface area contributed by atoms with Crippen molar-refractivity contribution in [3.63, 3.8) is 0 Å². The number of thiophene rings is 1. The number of aryl methyl sites for hydroxylation is 1. The Bertz CT molecular complexity index is 1550. The van der Waals surface area contributed by atoms with Crippen LogP contribution in [0, 0.1) is 11.3 Å². The van der Waals surface area contributed by atoms with Crippen molar-refractivity contribution in [3.05, 3.63) is 82.4 Å². The number of nitriles is 1. The maximum atomic E-state index is 12.5. The molecule has 0 fully saturated rings. The molecule has 9 nitrogen and oxygen atoms in total. The Morgan fingerprint density at radius 3 is 2.61 bits per heavy atom. The molecule has 5 rings (SSSR count). The van der Waals surface area contributed by atoms with E-state index in [2.05, 4.69) is 21.9 Å². The molecule has 2 aromatic carbocycles. The van der Waals surface area contributed by atoms with Crippen molar-refractivity contribution in [3.8, 4) is 28.8 Å². The third kappa shape index (κ3) is 5.19. The molecule has 4 aromatic rings. The van der Waals surface area contributed by atoms with E-state index in [9.17, 15) is 14.9 Å². The number of methoxy groups -OCH3 is 1. The first kappa shape index (κ1) is 24.9. The number of rotatable bonds is 6. The molecule has 0 spiro atoms. The van der Waals surface area contributed by atoms with Crippen LogP contribution in [0.2, 0.25) is 0 Å². The number of carbonyl (C=O) groups is 2. The fraction of sp³-hybridized carbons (Fsp3) is 0.179. The Hall–Kier alpha value is -4.75. The van der Waals surface area contributed by atoms with E-state index >= 15 is 0 Å². The number of amides is 2. The number of hydrogen-bond donors (Lipinski definition) is 2. The van der Waals surface area contributed by atoms with Crippen LogP contribution in [0.25, 0.3) is 16.9 Å². The van der Waals surface area contributed by atoms with Gasteiger partial charge in [-0.1, -0.05) is 18.2 Å². The molecule has 1 aliphatic rings. The van der Waals surface area contributed by atoms with Crippen LogP contribution in [0.3, 0.4) is 0 Å². The normalized spacial score (nSPS) is 12.5. The van der Waals surface area contributed by atoms with E-state index in [0.717, 1.165) is 53.1 Å². The number of nitrogens with zero attached hydrogens (tertiary/aromatic N) is 4. The Labute approximate surface area is 223 Å². The van der Waals surface area contributed by atoms with Crippen molar-refractivity contribution in [2.75, 3.05) is 12.4 Å². The molecular formula is C28H24N6O3S. The van der Waals surface area contributed by atoms with Crippen LogP contribution in [-0.4, -0.2) is 34.9 Å². The van der Waals surface area contributed by atoms with Crippen molar-refractivity contribution < 1.29 is 14.3 Å². The van der Waals surface area contributed by atoms with Gasteiger partial charge in [0.05, 0.1) is 24.6 Å². The molecule has 0 saturated heterocycles. The van der Waals surface area contributed by atoms with E-state index in [1.807, 2.05) is 54.6 Å². The fourth-order valence-electron chi connectivity index (χ4n) is 4.31. The summed E-state index contributed by atoms with van der Waals surface area (Å²) in [5.41, 5.74) is 6.68. The van der Waals surface area contributed by atoms with E-state index in [1.165, 1.54) is 17.6 Å². The highest BCUT2D eigenvalue weighted by Gasteiger charge is 2.23. The van der Waals surface area contributed by atoms with Gasteiger partial charge in [0.1, 0.15) is 22.5 Å². The molecule has 0 bridgehead atoms. The topological polar surface area (TPSA) is 121 Å². The van der Waals surface area contributed by atoms with Crippen molar-refractivity contribution >= 4 is 34.4 Å². The average Bonchev–Trinajstić information content (AvgIpc) is 3.54. The molecule has 10 heteroatoms. The summed E-state index contributed by atoms with van der Waals surface area (Å²) in [7, 11) is 1.60. The molecule has 0 aliphatic heterocycles. The summed E-state index contributed by atoms with van der Waals surface area (Å²) >= 11 is 1.36. The lowest BCUT2D eigenvalue weighted by Crippen LogP contribution is -2.32. The van der Waals surface area contributed by atoms with Crippen molar-refractivity contribution in [2.45, 2.75) is 25.7 Å². The molecule has 190 valence electrons. The van der Waals surface area contributed by atoms with Gasteiger partial charge in [0.2, 0.25) is 0 Å². The Morgan fingerprint density at radius 2 is 1.87 bits per heavy atom. The zero-order valence-electron chi connectivity index (χ0n) is 20.6. The molecule has 0 saturated carbocycles. The number of hydrogen-bond acceptors (Lipinski definition) is 7. The van der Waals surface area contributed by atoms with Gasteiger partial charge in [-0.2, -0.15) is 15.5 Å². The van der Waals surface area contributed by atoms with E-state index < -0.39 is 11.8 Å². The summed E-state index contributed by atoms with van der Waals surface area (Å²) in [6, 6.07) is 19.2. The molecule has 0 unspecified atom stereocenters. The van der Waals surface area contributed by atoms with Crippen LogP contribution >= 0.6 is 11.3 Å². The second kappa shape index (κ2) is 11.1. The van der Waals surface area contributed by atoms with Crippen LogP contribution in [0.4, 0.5) is 5.00 Å². The Kier molecular flexibility index (Phi) is 7.28. The molecule has 0 atom stereocenters. The van der Waals surface area contributed by atoms with Crippen molar-refractivity contribution in [1.29, 1.82) is 5.26 Å². The molecular weight excluding hydrogens is 500 g/mol. The molecule has 2 heterocycles. The number of para-hydroxylation sites is 1. The minimum Gasteiger partial charge on any atom is -0.497 e. The minimum absolute atomic E-state index is 0.412. The molecule has 2 N–H and O–H groups in total. The summed E-state index contributed by atoms with van der Waals surface area (Å²) < 4.78 is 6.97. The number of benzene rings is 2. The van der Waals surface area contributed by atoms with Gasteiger partial charge in [0.25, 0.3) is 0 Å². The van der Waals surface area contributed by atoms with Gasteiger partial charge < -0.3 is 10.1 Å². The number of aromatic nitrogens is 2. The summed E-state index contributed by atoms with van der Waals surface area (Å²) in [4.78, 5) is 26.1. The predicted octanol–water partition coefficient (Wildman–Crippen LogP) is 4.45. The van der Waals surface area contributed by atoms with Crippen LogP contribution in [0.5, 0.6) is 5.75 Å². The summed E-state index contributed by atoms with van der Waals surface area (Å²) in [5.74, 6) is -1.10. The number of anilines is 1. The summed E-state index contributed by atoms with van der Waals surface area (Å²) in [6.45, 7) is 0. The molecule has 2 aromatic heterocycles. The van der Waals surface area contributed by atoms with E-state index in [4.69, 9.17) is 9.84 Å². The highest BCUT2D eigenvalue weighted by Crippen LogP contribution is 2.37. The largest absolute Gasteiger partial charge is 0.497 e. The smallest absolute Gasteiger partial charge is 0.329 e. The number of carbonyl (C=O) groups excluding carboxylic acids is 2. The highest BCUT2D eigenvalue weighted by molar-refractivity contribution is 7.16. The Balaban J connectivity index is 1.34. The third-order valence-electron chi connectivity index (χ3n) is 6.21. The molecule has 0 radical (unpaired) electrons. The monoisotopic (exact) mass is 524 g/mol. The lowest BCUT2D eigenvalue weighted by Gasteiger charge is -2.09. The number of ether oxygens (including phenoxy) is 1. The summed E-state index contributed by atoms with van der Waals surface area (Å²) in [6.07, 6.45) is 7.00. The van der Waals surface area contributed by atoms with Crippen LogP contribution in [0.1, 0.15) is 34.4 Å². The first-order chi connectivity index (χ1) is 18.6. The van der Waals surface area contributed by atoms with Gasteiger partial charge in [-0.25, -0.2) is 10.1 Å². The first-order valence-electron chi connectivity index (χ1n) is 12.1. The quantitative estimate of drug-likeness (QED) is 0.219. The van der Waals surface area contributed by atoms with Crippen LogP contribution in [-0.2, 0) is 22.4 Å². The second-order valence-electron chi connectivity index (χ2n) is 8.62. The number of hydrazone groups is 1. The van der Waals surface area contributed by atoms with Gasteiger partial charge in [-0.3, -0.25) is 9.59 Å². The third-order valence-corrected chi connectivity index (χ3v) is 7.42. The van der Waals surface area contributed by atoms with Gasteiger partial charge in [-0.05, 0) is 67.6 Å². The van der Waals surface area contributed by atoms with Gasteiger partial charge >= 0.3 is 11.8 Å². The van der Waals surface area contributed by atoms with E-state index in [1.54, 1.807) is 18.0 Å². The zero-order valence-corrected chi connectivity index (χ0v) is 21.4. The highest BCUT2D eigenvalue weighted by atomic mass is 32.1. The average molecular weight is 525 g/mol. The maximum absolute atomic E-state index is 12.5. The molecule has 1 aliphatic carbocycles. The van der Waals surface area contributed by atoms with Crippen LogP contribution in [0.15, 0.2) is 65.9 Å². The number of fused-ring (bicyclic) bond motifs is 1. The van der Waals surface area contributed by atoms with Crippen molar-refractivity contribution in [1.82, 2.24) is 15.2 Å². The summed E-state index contributed by atoms with van der Waals surface area (Å²) in [5, 5.41) is 21.3. The minimum atomic E-state index is -0.932. The van der Waals surface area contributed by atoms with E-state index in [0.29, 0.717) is 21.8 Å². The van der Waals surface area contributed by atoms with Crippen LogP contribution < -0.4 is 15.5 Å².